The van der Waals surface area contributed by atoms with Gasteiger partial charge in [0.05, 0.1) is 6.54 Å². The highest BCUT2D eigenvalue weighted by molar-refractivity contribution is 5.82. The monoisotopic (exact) mass is 297 g/mol. The van der Waals surface area contributed by atoms with Crippen molar-refractivity contribution in [1.82, 2.24) is 5.32 Å². The number of carbonyl (C=O) groups excluding carboxylic acids is 1. The Balaban J connectivity index is 2.22. The summed E-state index contributed by atoms with van der Waals surface area (Å²) < 4.78 is 0. The van der Waals surface area contributed by atoms with Crippen LogP contribution in [-0.4, -0.2) is 19.0 Å². The molecule has 0 spiro atoms. The third kappa shape index (κ3) is 3.53. The van der Waals surface area contributed by atoms with Crippen LogP contribution in [0.4, 0.5) is 5.82 Å². The molecule has 0 aliphatic heterocycles. The zero-order valence-corrected chi connectivity index (χ0v) is 13.2. The minimum Gasteiger partial charge on any atom is -0.352 e. The maximum absolute atomic E-state index is 11.2. The van der Waals surface area contributed by atoms with Crippen molar-refractivity contribution in [1.29, 1.82) is 5.26 Å². The number of nitriles is 1. The molecule has 0 saturated heterocycles. The summed E-state index contributed by atoms with van der Waals surface area (Å²) in [7, 11) is 0. The van der Waals surface area contributed by atoms with Crippen LogP contribution in [0.5, 0.6) is 0 Å². The maximum Gasteiger partial charge on any atom is 0.290 e. The lowest BCUT2D eigenvalue weighted by Crippen LogP contribution is -2.29. The number of H-pyrrole nitrogens is 1. The number of fused-ring (bicyclic) bond motifs is 1. The minimum absolute atomic E-state index is 0.0241. The third-order valence-corrected chi connectivity index (χ3v) is 3.54. The second-order valence-corrected chi connectivity index (χ2v) is 5.34. The number of hydrogen-bond acceptors (Lipinski definition) is 3. The topological polar surface area (TPSA) is 79.1 Å². The molecule has 0 atom stereocenters. The number of hydrogen-bond donors (Lipinski definition) is 2. The lowest BCUT2D eigenvalue weighted by molar-refractivity contribution is -0.327. The van der Waals surface area contributed by atoms with Gasteiger partial charge in [-0.15, -0.1) is 0 Å². The molecule has 0 fully saturated rings. The third-order valence-electron chi connectivity index (χ3n) is 3.54. The second kappa shape index (κ2) is 6.90. The van der Waals surface area contributed by atoms with Gasteiger partial charge in [0, 0.05) is 11.8 Å². The largest absolute Gasteiger partial charge is 0.352 e. The number of nitrogens with zero attached hydrogens (tertiary/aromatic N) is 1. The number of aromatic amines is 1. The van der Waals surface area contributed by atoms with Gasteiger partial charge in [-0.2, -0.15) is 5.26 Å². The summed E-state index contributed by atoms with van der Waals surface area (Å²) in [5.74, 6) is 0.710. The minimum atomic E-state index is 0.0241. The van der Waals surface area contributed by atoms with Gasteiger partial charge in [0.1, 0.15) is 23.7 Å². The lowest BCUT2D eigenvalue weighted by Gasteiger charge is -2.06. The van der Waals surface area contributed by atoms with Crippen LogP contribution in [0.15, 0.2) is 18.2 Å². The zero-order valence-electron chi connectivity index (χ0n) is 13.2. The first-order chi connectivity index (χ1) is 10.5. The molecule has 1 aromatic heterocycles. The summed E-state index contributed by atoms with van der Waals surface area (Å²) >= 11 is 0. The Morgan fingerprint density at radius 3 is 2.73 bits per heavy atom. The summed E-state index contributed by atoms with van der Waals surface area (Å²) in [6.45, 7) is 6.99. The van der Waals surface area contributed by atoms with E-state index < -0.39 is 0 Å². The molecular weight excluding hydrogens is 276 g/mol. The molecule has 114 valence electrons. The molecule has 0 saturated carbocycles. The SMILES string of the molecule is CCC(=O)NCCNc1[nH+]c2cc(C)cc(C)c2cc1C#N. The van der Waals surface area contributed by atoms with Crippen molar-refractivity contribution in [3.63, 3.8) is 0 Å². The Morgan fingerprint density at radius 2 is 2.05 bits per heavy atom. The van der Waals surface area contributed by atoms with Crippen LogP contribution in [0, 0.1) is 25.2 Å². The van der Waals surface area contributed by atoms with Crippen molar-refractivity contribution in [2.24, 2.45) is 0 Å². The highest BCUT2D eigenvalue weighted by Crippen LogP contribution is 2.21. The number of benzene rings is 1. The van der Waals surface area contributed by atoms with Gasteiger partial charge in [-0.3, -0.25) is 10.1 Å². The lowest BCUT2D eigenvalue weighted by atomic mass is 10.0. The normalized spacial score (nSPS) is 10.3. The van der Waals surface area contributed by atoms with Gasteiger partial charge in [-0.25, -0.2) is 4.98 Å². The van der Waals surface area contributed by atoms with Gasteiger partial charge >= 0.3 is 0 Å². The Bertz CT molecular complexity index is 746. The van der Waals surface area contributed by atoms with Gasteiger partial charge in [0.15, 0.2) is 0 Å². The van der Waals surface area contributed by atoms with E-state index in [1.807, 2.05) is 26.8 Å². The molecule has 0 aliphatic rings. The summed E-state index contributed by atoms with van der Waals surface area (Å²) in [5, 5.41) is 16.4. The first-order valence-corrected chi connectivity index (χ1v) is 7.43. The molecule has 1 amide bonds. The van der Waals surface area contributed by atoms with E-state index in [4.69, 9.17) is 0 Å². The molecule has 5 heteroatoms. The molecular formula is C17H21N4O+. The van der Waals surface area contributed by atoms with Crippen LogP contribution in [0.3, 0.4) is 0 Å². The van der Waals surface area contributed by atoms with Crippen molar-refractivity contribution in [3.8, 4) is 6.07 Å². The van der Waals surface area contributed by atoms with Crippen molar-refractivity contribution >= 4 is 22.6 Å². The Morgan fingerprint density at radius 1 is 1.27 bits per heavy atom. The van der Waals surface area contributed by atoms with Crippen molar-refractivity contribution in [3.05, 3.63) is 34.9 Å². The van der Waals surface area contributed by atoms with E-state index in [0.717, 1.165) is 16.5 Å². The van der Waals surface area contributed by atoms with Crippen LogP contribution in [-0.2, 0) is 4.79 Å². The van der Waals surface area contributed by atoms with E-state index in [2.05, 4.69) is 33.8 Å². The molecule has 0 radical (unpaired) electrons. The molecule has 0 unspecified atom stereocenters. The van der Waals surface area contributed by atoms with Gasteiger partial charge in [-0.1, -0.05) is 13.0 Å². The summed E-state index contributed by atoms with van der Waals surface area (Å²) in [5.41, 5.74) is 3.88. The van der Waals surface area contributed by atoms with Crippen LogP contribution >= 0.6 is 0 Å². The average Bonchev–Trinajstić information content (AvgIpc) is 2.50. The number of anilines is 1. The predicted molar refractivity (Wildman–Crippen MR) is 86.5 cm³/mol. The number of aromatic nitrogens is 1. The molecule has 1 aromatic carbocycles. The molecule has 3 N–H and O–H groups in total. The number of rotatable bonds is 5. The Kier molecular flexibility index (Phi) is 4.95. The maximum atomic E-state index is 11.2. The fourth-order valence-corrected chi connectivity index (χ4v) is 2.43. The molecule has 5 nitrogen and oxygen atoms in total. The van der Waals surface area contributed by atoms with Crippen LogP contribution in [0.2, 0.25) is 0 Å². The molecule has 2 aromatic rings. The molecule has 2 rings (SSSR count). The second-order valence-electron chi connectivity index (χ2n) is 5.34. The Hall–Kier alpha value is -2.61. The number of nitrogens with one attached hydrogen (secondary N) is 3. The first kappa shape index (κ1) is 15.8. The van der Waals surface area contributed by atoms with Crippen molar-refractivity contribution < 1.29 is 9.78 Å². The van der Waals surface area contributed by atoms with Crippen LogP contribution in [0.1, 0.15) is 30.0 Å². The smallest absolute Gasteiger partial charge is 0.290 e. The first-order valence-electron chi connectivity index (χ1n) is 7.43. The fraction of sp³-hybridized carbons (Fsp3) is 0.353. The molecule has 0 bridgehead atoms. The summed E-state index contributed by atoms with van der Waals surface area (Å²) in [6.07, 6.45) is 0.476. The fourth-order valence-electron chi connectivity index (χ4n) is 2.43. The molecule has 1 heterocycles. The van der Waals surface area contributed by atoms with Gasteiger partial charge < -0.3 is 5.32 Å². The number of pyridine rings is 1. The van der Waals surface area contributed by atoms with E-state index >= 15 is 0 Å². The van der Waals surface area contributed by atoms with E-state index in [1.54, 1.807) is 0 Å². The molecule has 0 aliphatic carbocycles. The number of aryl methyl sites for hydroxylation is 2. The van der Waals surface area contributed by atoms with Gasteiger partial charge in [0.2, 0.25) is 5.91 Å². The number of amides is 1. The average molecular weight is 297 g/mol. The highest BCUT2D eigenvalue weighted by Gasteiger charge is 2.13. The van der Waals surface area contributed by atoms with E-state index in [9.17, 15) is 10.1 Å². The summed E-state index contributed by atoms with van der Waals surface area (Å²) in [4.78, 5) is 14.5. The van der Waals surface area contributed by atoms with E-state index in [1.165, 1.54) is 5.56 Å². The highest BCUT2D eigenvalue weighted by atomic mass is 16.1. The standard InChI is InChI=1S/C17H20N4O/c1-4-16(22)19-5-6-20-17-13(10-18)9-14-12(3)7-11(2)8-15(14)21-17/h7-9H,4-6H2,1-3H3,(H,19,22)(H,20,21)/p+1. The van der Waals surface area contributed by atoms with Crippen molar-refractivity contribution in [2.45, 2.75) is 27.2 Å². The van der Waals surface area contributed by atoms with Gasteiger partial charge in [-0.05, 0) is 37.1 Å². The van der Waals surface area contributed by atoms with Crippen LogP contribution in [0.25, 0.3) is 10.9 Å². The van der Waals surface area contributed by atoms with Gasteiger partial charge in [0.25, 0.3) is 5.82 Å². The van der Waals surface area contributed by atoms with E-state index in [0.29, 0.717) is 30.9 Å². The quantitative estimate of drug-likeness (QED) is 0.829. The predicted octanol–water partition coefficient (Wildman–Crippen LogP) is 2.08. The molecule has 22 heavy (non-hydrogen) atoms. The van der Waals surface area contributed by atoms with Crippen LogP contribution < -0.4 is 15.6 Å². The summed E-state index contributed by atoms with van der Waals surface area (Å²) in [6, 6.07) is 8.27. The number of carbonyl (C=O) groups is 1. The zero-order chi connectivity index (χ0) is 16.1. The van der Waals surface area contributed by atoms with Crippen molar-refractivity contribution in [2.75, 3.05) is 18.4 Å². The van der Waals surface area contributed by atoms with E-state index in [-0.39, 0.29) is 5.91 Å². The Labute approximate surface area is 130 Å².